The molecule has 1 aliphatic heterocycles. The summed E-state index contributed by atoms with van der Waals surface area (Å²) >= 11 is 0. The maximum atomic E-state index is 11.7. The molecule has 0 atom stereocenters. The van der Waals surface area contributed by atoms with Crippen molar-refractivity contribution in [1.82, 2.24) is 10.6 Å². The third kappa shape index (κ3) is 5.44. The van der Waals surface area contributed by atoms with E-state index in [1.54, 1.807) is 7.11 Å². The van der Waals surface area contributed by atoms with E-state index in [-0.39, 0.29) is 11.8 Å². The second-order valence-electron chi connectivity index (χ2n) is 3.92. The minimum absolute atomic E-state index is 0.146. The maximum absolute atomic E-state index is 11.7. The fourth-order valence-corrected chi connectivity index (χ4v) is 1.68. The molecule has 0 spiro atoms. The molecule has 1 saturated heterocycles. The normalized spacial score (nSPS) is 17.3. The lowest BCUT2D eigenvalue weighted by molar-refractivity contribution is -0.127. The number of hydrogen-bond donors (Lipinski definition) is 2. The molecule has 0 saturated carbocycles. The van der Waals surface area contributed by atoms with E-state index < -0.39 is 0 Å². The van der Waals surface area contributed by atoms with Crippen LogP contribution in [0.4, 0.5) is 0 Å². The van der Waals surface area contributed by atoms with Crippen LogP contribution in [-0.4, -0.2) is 52.5 Å². The van der Waals surface area contributed by atoms with Crippen LogP contribution in [0, 0.1) is 5.92 Å². The van der Waals surface area contributed by atoms with Gasteiger partial charge in [-0.05, 0) is 12.8 Å². The van der Waals surface area contributed by atoms with E-state index in [1.165, 1.54) is 0 Å². The van der Waals surface area contributed by atoms with Crippen molar-refractivity contribution in [3.8, 4) is 0 Å². The summed E-state index contributed by atoms with van der Waals surface area (Å²) in [6.07, 6.45) is 1.70. The Labute approximate surface area is 96.9 Å². The van der Waals surface area contributed by atoms with Crippen molar-refractivity contribution in [1.29, 1.82) is 0 Å². The van der Waals surface area contributed by atoms with Crippen molar-refractivity contribution in [3.63, 3.8) is 0 Å². The summed E-state index contributed by atoms with van der Waals surface area (Å²) in [5.41, 5.74) is 0. The zero-order valence-corrected chi connectivity index (χ0v) is 9.96. The number of hydrogen-bond acceptors (Lipinski definition) is 4. The Morgan fingerprint density at radius 1 is 1.31 bits per heavy atom. The van der Waals surface area contributed by atoms with Crippen LogP contribution in [0.15, 0.2) is 0 Å². The number of ether oxygens (including phenoxy) is 2. The van der Waals surface area contributed by atoms with E-state index in [1.807, 2.05) is 0 Å². The van der Waals surface area contributed by atoms with Gasteiger partial charge in [0.2, 0.25) is 5.91 Å². The van der Waals surface area contributed by atoms with Gasteiger partial charge in [-0.1, -0.05) is 0 Å². The Balaban J connectivity index is 1.97. The molecule has 5 nitrogen and oxygen atoms in total. The first-order valence-corrected chi connectivity index (χ1v) is 5.89. The quantitative estimate of drug-likeness (QED) is 0.593. The molecule has 0 aliphatic carbocycles. The summed E-state index contributed by atoms with van der Waals surface area (Å²) in [6.45, 7) is 4.42. The summed E-state index contributed by atoms with van der Waals surface area (Å²) in [6, 6.07) is 0. The molecule has 94 valence electrons. The van der Waals surface area contributed by atoms with Gasteiger partial charge in [-0.15, -0.1) is 0 Å². The minimum Gasteiger partial charge on any atom is -0.383 e. The van der Waals surface area contributed by atoms with Crippen LogP contribution < -0.4 is 10.6 Å². The third-order valence-electron chi connectivity index (χ3n) is 2.68. The summed E-state index contributed by atoms with van der Waals surface area (Å²) in [4.78, 5) is 11.7. The Kier molecular flexibility index (Phi) is 7.12. The zero-order chi connectivity index (χ0) is 11.6. The van der Waals surface area contributed by atoms with Crippen LogP contribution in [0.2, 0.25) is 0 Å². The first-order valence-electron chi connectivity index (χ1n) is 5.89. The summed E-state index contributed by atoms with van der Waals surface area (Å²) < 4.78 is 10.1. The van der Waals surface area contributed by atoms with Crippen LogP contribution >= 0.6 is 0 Å². The number of methoxy groups -OCH3 is 1. The van der Waals surface area contributed by atoms with Crippen molar-refractivity contribution in [2.75, 3.05) is 46.6 Å². The SMILES string of the molecule is COCCNCCNC(=O)C1CCOCC1. The molecule has 2 N–H and O–H groups in total. The van der Waals surface area contributed by atoms with Gasteiger partial charge in [0.1, 0.15) is 0 Å². The van der Waals surface area contributed by atoms with Crippen molar-refractivity contribution in [3.05, 3.63) is 0 Å². The van der Waals surface area contributed by atoms with Gasteiger partial charge in [-0.25, -0.2) is 0 Å². The van der Waals surface area contributed by atoms with Gasteiger partial charge in [0.25, 0.3) is 0 Å². The topological polar surface area (TPSA) is 59.6 Å². The van der Waals surface area contributed by atoms with E-state index in [0.717, 1.165) is 25.9 Å². The van der Waals surface area contributed by atoms with E-state index in [9.17, 15) is 4.79 Å². The van der Waals surface area contributed by atoms with Crippen LogP contribution in [-0.2, 0) is 14.3 Å². The van der Waals surface area contributed by atoms with Crippen molar-refractivity contribution >= 4 is 5.91 Å². The molecule has 1 aliphatic rings. The Morgan fingerprint density at radius 3 is 2.75 bits per heavy atom. The Morgan fingerprint density at radius 2 is 2.06 bits per heavy atom. The van der Waals surface area contributed by atoms with Gasteiger partial charge in [-0.3, -0.25) is 4.79 Å². The average Bonchev–Trinajstić information content (AvgIpc) is 2.34. The molecular weight excluding hydrogens is 208 g/mol. The standard InChI is InChI=1S/C11H22N2O3/c1-15-9-6-12-4-5-13-11(14)10-2-7-16-8-3-10/h10,12H,2-9H2,1H3,(H,13,14). The highest BCUT2D eigenvalue weighted by atomic mass is 16.5. The highest BCUT2D eigenvalue weighted by Gasteiger charge is 2.20. The lowest BCUT2D eigenvalue weighted by atomic mass is 9.99. The molecule has 1 rings (SSSR count). The lowest BCUT2D eigenvalue weighted by Gasteiger charge is -2.21. The van der Waals surface area contributed by atoms with Gasteiger partial charge in [0, 0.05) is 45.9 Å². The Hall–Kier alpha value is -0.650. The van der Waals surface area contributed by atoms with Crippen molar-refractivity contribution < 1.29 is 14.3 Å². The zero-order valence-electron chi connectivity index (χ0n) is 9.96. The van der Waals surface area contributed by atoms with Crippen LogP contribution in [0.1, 0.15) is 12.8 Å². The molecule has 0 radical (unpaired) electrons. The first-order chi connectivity index (χ1) is 7.84. The van der Waals surface area contributed by atoms with Gasteiger partial charge in [0.15, 0.2) is 0 Å². The second kappa shape index (κ2) is 8.50. The second-order valence-corrected chi connectivity index (χ2v) is 3.92. The number of carbonyl (C=O) groups excluding carboxylic acids is 1. The fraction of sp³-hybridized carbons (Fsp3) is 0.909. The minimum atomic E-state index is 0.146. The molecule has 0 aromatic rings. The number of rotatable bonds is 7. The van der Waals surface area contributed by atoms with E-state index in [2.05, 4.69) is 10.6 Å². The van der Waals surface area contributed by atoms with Crippen LogP contribution in [0.5, 0.6) is 0 Å². The fourth-order valence-electron chi connectivity index (χ4n) is 1.68. The number of amides is 1. The molecule has 0 aromatic carbocycles. The van der Waals surface area contributed by atoms with E-state index in [0.29, 0.717) is 26.4 Å². The summed E-state index contributed by atoms with van der Waals surface area (Å²) in [5, 5.41) is 6.11. The van der Waals surface area contributed by atoms with E-state index in [4.69, 9.17) is 9.47 Å². The molecule has 16 heavy (non-hydrogen) atoms. The number of carbonyl (C=O) groups is 1. The van der Waals surface area contributed by atoms with Crippen LogP contribution in [0.3, 0.4) is 0 Å². The predicted molar refractivity (Wildman–Crippen MR) is 61.3 cm³/mol. The third-order valence-corrected chi connectivity index (χ3v) is 2.68. The van der Waals surface area contributed by atoms with Gasteiger partial charge in [0.05, 0.1) is 6.61 Å². The van der Waals surface area contributed by atoms with Crippen LogP contribution in [0.25, 0.3) is 0 Å². The molecule has 1 amide bonds. The molecule has 0 bridgehead atoms. The number of nitrogens with one attached hydrogen (secondary N) is 2. The van der Waals surface area contributed by atoms with Crippen molar-refractivity contribution in [2.45, 2.75) is 12.8 Å². The lowest BCUT2D eigenvalue weighted by Crippen LogP contribution is -2.38. The summed E-state index contributed by atoms with van der Waals surface area (Å²) in [7, 11) is 1.68. The highest BCUT2D eigenvalue weighted by Crippen LogP contribution is 2.14. The maximum Gasteiger partial charge on any atom is 0.223 e. The van der Waals surface area contributed by atoms with Gasteiger partial charge in [-0.2, -0.15) is 0 Å². The molecular formula is C11H22N2O3. The monoisotopic (exact) mass is 230 g/mol. The smallest absolute Gasteiger partial charge is 0.223 e. The molecule has 1 fully saturated rings. The van der Waals surface area contributed by atoms with E-state index >= 15 is 0 Å². The largest absolute Gasteiger partial charge is 0.383 e. The van der Waals surface area contributed by atoms with Gasteiger partial charge >= 0.3 is 0 Å². The molecule has 0 aromatic heterocycles. The predicted octanol–water partition coefficient (Wildman–Crippen LogP) is -0.235. The molecule has 5 heteroatoms. The molecule has 0 unspecified atom stereocenters. The average molecular weight is 230 g/mol. The molecule has 1 heterocycles. The first kappa shape index (κ1) is 13.4. The van der Waals surface area contributed by atoms with Gasteiger partial charge < -0.3 is 20.1 Å². The Bertz CT molecular complexity index is 194. The van der Waals surface area contributed by atoms with Crippen molar-refractivity contribution in [2.24, 2.45) is 5.92 Å². The summed E-state index contributed by atoms with van der Waals surface area (Å²) in [5.74, 6) is 0.310. The highest BCUT2D eigenvalue weighted by molar-refractivity contribution is 5.78.